The summed E-state index contributed by atoms with van der Waals surface area (Å²) in [6, 6.07) is 0. The summed E-state index contributed by atoms with van der Waals surface area (Å²) < 4.78 is 5.30. The van der Waals surface area contributed by atoms with Crippen molar-refractivity contribution in [1.82, 2.24) is 5.16 Å². The average Bonchev–Trinajstić information content (AvgIpc) is 2.73. The Labute approximate surface area is 99.0 Å². The highest BCUT2D eigenvalue weighted by Crippen LogP contribution is 2.26. The third-order valence-electron chi connectivity index (χ3n) is 2.79. The van der Waals surface area contributed by atoms with Crippen molar-refractivity contribution in [3.05, 3.63) is 17.0 Å². The summed E-state index contributed by atoms with van der Waals surface area (Å²) in [5.41, 5.74) is 2.29. The second-order valence-electron chi connectivity index (χ2n) is 4.09. The van der Waals surface area contributed by atoms with Gasteiger partial charge in [0.1, 0.15) is 5.76 Å². The second-order valence-corrected chi connectivity index (χ2v) is 5.12. The Balaban J connectivity index is 1.87. The van der Waals surface area contributed by atoms with E-state index in [1.54, 1.807) is 11.8 Å². The summed E-state index contributed by atoms with van der Waals surface area (Å²) >= 11 is 1.58. The first kappa shape index (κ1) is 12.0. The summed E-state index contributed by atoms with van der Waals surface area (Å²) in [7, 11) is 0. The molecule has 1 atom stereocenters. The molecule has 0 saturated carbocycles. The standard InChI is InChI=1S/C11H17NO3S/c13-5-8(14)6-16-7-10-9-3-1-2-4-11(9)15-12-10/h8,13-14H,1-7H2. The number of hydrogen-bond acceptors (Lipinski definition) is 5. The summed E-state index contributed by atoms with van der Waals surface area (Å²) in [4.78, 5) is 0. The van der Waals surface area contributed by atoms with Crippen LogP contribution in [0.25, 0.3) is 0 Å². The molecule has 90 valence electrons. The lowest BCUT2D eigenvalue weighted by Crippen LogP contribution is -2.14. The Morgan fingerprint density at radius 3 is 3.00 bits per heavy atom. The Bertz CT molecular complexity index is 340. The number of aryl methyl sites for hydroxylation is 1. The summed E-state index contributed by atoms with van der Waals surface area (Å²) in [6.07, 6.45) is 3.85. The van der Waals surface area contributed by atoms with Gasteiger partial charge in [-0.25, -0.2) is 0 Å². The molecule has 0 fully saturated rings. The molecule has 1 aromatic rings. The van der Waals surface area contributed by atoms with E-state index in [1.807, 2.05) is 0 Å². The quantitative estimate of drug-likeness (QED) is 0.812. The summed E-state index contributed by atoms with van der Waals surface area (Å²) in [6.45, 7) is -0.177. The van der Waals surface area contributed by atoms with Crippen molar-refractivity contribution in [2.24, 2.45) is 0 Å². The normalized spacial score (nSPS) is 17.1. The number of rotatable bonds is 5. The first-order valence-corrected chi connectivity index (χ1v) is 6.79. The smallest absolute Gasteiger partial charge is 0.140 e. The lowest BCUT2D eigenvalue weighted by molar-refractivity contribution is 0.113. The molecule has 1 heterocycles. The van der Waals surface area contributed by atoms with Gasteiger partial charge in [0.05, 0.1) is 18.4 Å². The van der Waals surface area contributed by atoms with Crippen LogP contribution >= 0.6 is 11.8 Å². The van der Waals surface area contributed by atoms with E-state index in [0.717, 1.165) is 30.0 Å². The summed E-state index contributed by atoms with van der Waals surface area (Å²) in [5, 5.41) is 22.0. The van der Waals surface area contributed by atoms with E-state index in [-0.39, 0.29) is 6.61 Å². The van der Waals surface area contributed by atoms with Crippen LogP contribution in [0.2, 0.25) is 0 Å². The van der Waals surface area contributed by atoms with Gasteiger partial charge in [-0.2, -0.15) is 11.8 Å². The molecule has 5 heteroatoms. The zero-order valence-corrected chi connectivity index (χ0v) is 10.0. The molecule has 0 bridgehead atoms. The van der Waals surface area contributed by atoms with Gasteiger partial charge in [-0.3, -0.25) is 0 Å². The van der Waals surface area contributed by atoms with Gasteiger partial charge in [0.2, 0.25) is 0 Å². The van der Waals surface area contributed by atoms with Crippen LogP contribution in [-0.4, -0.2) is 33.8 Å². The fourth-order valence-corrected chi connectivity index (χ4v) is 2.82. The van der Waals surface area contributed by atoms with Crippen molar-refractivity contribution in [3.8, 4) is 0 Å². The third kappa shape index (κ3) is 2.78. The highest BCUT2D eigenvalue weighted by molar-refractivity contribution is 7.98. The van der Waals surface area contributed by atoms with Crippen LogP contribution in [-0.2, 0) is 18.6 Å². The Morgan fingerprint density at radius 2 is 2.19 bits per heavy atom. The fraction of sp³-hybridized carbons (Fsp3) is 0.727. The number of nitrogens with zero attached hydrogens (tertiary/aromatic N) is 1. The van der Waals surface area contributed by atoms with Gasteiger partial charge in [0.15, 0.2) is 0 Å². The number of hydrogen-bond donors (Lipinski definition) is 2. The van der Waals surface area contributed by atoms with E-state index in [9.17, 15) is 5.11 Å². The van der Waals surface area contributed by atoms with Crippen LogP contribution in [0.15, 0.2) is 4.52 Å². The first-order chi connectivity index (χ1) is 7.81. The number of aliphatic hydroxyl groups is 2. The van der Waals surface area contributed by atoms with Crippen molar-refractivity contribution in [3.63, 3.8) is 0 Å². The number of thioether (sulfide) groups is 1. The van der Waals surface area contributed by atoms with Crippen molar-refractivity contribution < 1.29 is 14.7 Å². The predicted octanol–water partition coefficient (Wildman–Crippen LogP) is 1.14. The lowest BCUT2D eigenvalue weighted by Gasteiger charge is -2.09. The molecule has 0 saturated heterocycles. The van der Waals surface area contributed by atoms with Crippen LogP contribution in [0, 0.1) is 0 Å². The maximum Gasteiger partial charge on any atom is 0.140 e. The van der Waals surface area contributed by atoms with E-state index in [1.165, 1.54) is 18.4 Å². The highest BCUT2D eigenvalue weighted by atomic mass is 32.2. The van der Waals surface area contributed by atoms with Crippen LogP contribution in [0.5, 0.6) is 0 Å². The van der Waals surface area contributed by atoms with E-state index >= 15 is 0 Å². The van der Waals surface area contributed by atoms with Crippen LogP contribution in [0.4, 0.5) is 0 Å². The topological polar surface area (TPSA) is 66.5 Å². The third-order valence-corrected chi connectivity index (χ3v) is 3.89. The molecule has 0 radical (unpaired) electrons. The molecular formula is C11H17NO3S. The van der Waals surface area contributed by atoms with Crippen molar-refractivity contribution in [2.45, 2.75) is 37.5 Å². The number of aliphatic hydroxyl groups excluding tert-OH is 2. The number of fused-ring (bicyclic) bond motifs is 1. The van der Waals surface area contributed by atoms with E-state index in [0.29, 0.717) is 5.75 Å². The van der Waals surface area contributed by atoms with Crippen molar-refractivity contribution in [2.75, 3.05) is 12.4 Å². The van der Waals surface area contributed by atoms with Gasteiger partial charge in [-0.1, -0.05) is 5.16 Å². The fourth-order valence-electron chi connectivity index (χ4n) is 1.91. The van der Waals surface area contributed by atoms with Crippen molar-refractivity contribution in [1.29, 1.82) is 0 Å². The molecule has 0 aliphatic heterocycles. The maximum atomic E-state index is 9.21. The van der Waals surface area contributed by atoms with Gasteiger partial charge in [-0.05, 0) is 19.3 Å². The van der Waals surface area contributed by atoms with E-state index in [2.05, 4.69) is 5.16 Å². The molecule has 16 heavy (non-hydrogen) atoms. The Morgan fingerprint density at radius 1 is 1.38 bits per heavy atom. The zero-order chi connectivity index (χ0) is 11.4. The monoisotopic (exact) mass is 243 g/mol. The average molecular weight is 243 g/mol. The molecule has 0 spiro atoms. The molecule has 2 N–H and O–H groups in total. The van der Waals surface area contributed by atoms with Gasteiger partial charge in [0, 0.05) is 23.5 Å². The first-order valence-electron chi connectivity index (χ1n) is 5.64. The maximum absolute atomic E-state index is 9.21. The zero-order valence-electron chi connectivity index (χ0n) is 9.19. The molecule has 0 amide bonds. The molecule has 4 nitrogen and oxygen atoms in total. The molecule has 1 aliphatic rings. The second kappa shape index (κ2) is 5.70. The number of aromatic nitrogens is 1. The van der Waals surface area contributed by atoms with E-state index in [4.69, 9.17) is 9.63 Å². The SMILES string of the molecule is OCC(O)CSCc1noc2c1CCCC2. The Hall–Kier alpha value is -0.520. The Kier molecular flexibility index (Phi) is 4.26. The van der Waals surface area contributed by atoms with Gasteiger partial charge >= 0.3 is 0 Å². The summed E-state index contributed by atoms with van der Waals surface area (Å²) in [5.74, 6) is 2.35. The van der Waals surface area contributed by atoms with Gasteiger partial charge in [-0.15, -0.1) is 0 Å². The molecule has 1 aliphatic carbocycles. The molecule has 0 aromatic carbocycles. The van der Waals surface area contributed by atoms with Gasteiger partial charge in [0.25, 0.3) is 0 Å². The minimum absolute atomic E-state index is 0.177. The minimum atomic E-state index is -0.632. The minimum Gasteiger partial charge on any atom is -0.394 e. The van der Waals surface area contributed by atoms with Crippen LogP contribution < -0.4 is 0 Å². The largest absolute Gasteiger partial charge is 0.394 e. The van der Waals surface area contributed by atoms with E-state index < -0.39 is 6.10 Å². The van der Waals surface area contributed by atoms with Gasteiger partial charge < -0.3 is 14.7 Å². The molecular weight excluding hydrogens is 226 g/mol. The highest BCUT2D eigenvalue weighted by Gasteiger charge is 2.19. The van der Waals surface area contributed by atoms with Crippen molar-refractivity contribution >= 4 is 11.8 Å². The predicted molar refractivity (Wildman–Crippen MR) is 62.4 cm³/mol. The molecule has 2 rings (SSSR count). The molecule has 1 aromatic heterocycles. The molecule has 1 unspecified atom stereocenters. The lowest BCUT2D eigenvalue weighted by atomic mass is 9.97. The van der Waals surface area contributed by atoms with Crippen LogP contribution in [0.1, 0.15) is 29.9 Å². The van der Waals surface area contributed by atoms with Crippen LogP contribution in [0.3, 0.4) is 0 Å².